The smallest absolute Gasteiger partial charge is 0.326 e. The van der Waals surface area contributed by atoms with E-state index in [4.69, 9.17) is 21.1 Å². The van der Waals surface area contributed by atoms with Gasteiger partial charge in [0.25, 0.3) is 11.1 Å². The van der Waals surface area contributed by atoms with E-state index in [0.717, 1.165) is 22.2 Å². The lowest BCUT2D eigenvalue weighted by molar-refractivity contribution is -0.145. The Morgan fingerprint density at radius 3 is 2.75 bits per heavy atom. The molecule has 0 N–H and O–H groups in total. The van der Waals surface area contributed by atoms with Crippen LogP contribution in [-0.4, -0.2) is 35.2 Å². The van der Waals surface area contributed by atoms with Gasteiger partial charge in [0.15, 0.2) is 5.75 Å². The summed E-state index contributed by atoms with van der Waals surface area (Å²) < 4.78 is 11.1. The molecule has 0 aliphatic carbocycles. The molecule has 1 aliphatic heterocycles. The van der Waals surface area contributed by atoms with Gasteiger partial charge >= 0.3 is 5.97 Å². The average molecular weight is 536 g/mol. The summed E-state index contributed by atoms with van der Waals surface area (Å²) in [5.74, 6) is -0.845. The Balaban J connectivity index is 1.77. The van der Waals surface area contributed by atoms with Gasteiger partial charge in [-0.05, 0) is 64.5 Å². The van der Waals surface area contributed by atoms with Crippen molar-refractivity contribution in [1.29, 1.82) is 5.26 Å². The fourth-order valence-electron chi connectivity index (χ4n) is 2.83. The maximum Gasteiger partial charge on any atom is 0.326 e. The molecule has 2 aromatic rings. The zero-order valence-electron chi connectivity index (χ0n) is 16.8. The first-order valence-corrected chi connectivity index (χ1v) is 11.3. The van der Waals surface area contributed by atoms with Crippen molar-refractivity contribution in [2.75, 3.05) is 13.2 Å². The summed E-state index contributed by atoms with van der Waals surface area (Å²) in [6, 6.07) is 12.5. The number of thioether (sulfide) groups is 1. The third-order valence-corrected chi connectivity index (χ3v) is 6.07. The normalized spacial score (nSPS) is 14.6. The van der Waals surface area contributed by atoms with Crippen LogP contribution < -0.4 is 4.74 Å². The molecule has 3 rings (SSSR count). The summed E-state index contributed by atoms with van der Waals surface area (Å²) in [6.07, 6.45) is 1.52. The summed E-state index contributed by atoms with van der Waals surface area (Å²) in [4.78, 5) is 37.3. The van der Waals surface area contributed by atoms with Gasteiger partial charge in [-0.25, -0.2) is 0 Å². The van der Waals surface area contributed by atoms with Crippen molar-refractivity contribution in [1.82, 2.24) is 4.90 Å². The summed E-state index contributed by atoms with van der Waals surface area (Å²) >= 11 is 10.5. The molecule has 0 saturated carbocycles. The minimum Gasteiger partial charge on any atom is -0.486 e. The SMILES string of the molecule is CCOC(=O)CN1C(=O)S/C(=C/c2cc(Cl)c(OCc3ccccc3C#N)c(Br)c2)C1=O. The fraction of sp³-hybridized carbons (Fsp3) is 0.182. The highest BCUT2D eigenvalue weighted by Gasteiger charge is 2.36. The predicted molar refractivity (Wildman–Crippen MR) is 124 cm³/mol. The number of rotatable bonds is 7. The van der Waals surface area contributed by atoms with E-state index >= 15 is 0 Å². The highest BCUT2D eigenvalue weighted by Crippen LogP contribution is 2.38. The van der Waals surface area contributed by atoms with Gasteiger partial charge in [-0.1, -0.05) is 29.8 Å². The molecule has 1 saturated heterocycles. The predicted octanol–water partition coefficient (Wildman–Crippen LogP) is 5.15. The Bertz CT molecular complexity index is 1140. The standard InChI is InChI=1S/C22H16BrClN2O5S/c1-2-30-19(27)11-26-21(28)18(32-22(26)29)9-13-7-16(23)20(17(24)8-13)31-12-15-6-4-3-5-14(15)10-25/h3-9H,2,11-12H2,1H3/b18-9+. The van der Waals surface area contributed by atoms with Crippen molar-refractivity contribution in [2.45, 2.75) is 13.5 Å². The first-order chi connectivity index (χ1) is 15.3. The fourth-order valence-corrected chi connectivity index (χ4v) is 4.66. The monoisotopic (exact) mass is 534 g/mol. The van der Waals surface area contributed by atoms with Crippen molar-refractivity contribution >= 4 is 62.5 Å². The largest absolute Gasteiger partial charge is 0.486 e. The molecule has 32 heavy (non-hydrogen) atoms. The van der Waals surface area contributed by atoms with Crippen LogP contribution in [0.3, 0.4) is 0 Å². The third kappa shape index (κ3) is 5.51. The molecule has 1 fully saturated rings. The van der Waals surface area contributed by atoms with Crippen LogP contribution in [0.25, 0.3) is 6.08 Å². The number of imide groups is 1. The highest BCUT2D eigenvalue weighted by atomic mass is 79.9. The molecule has 0 atom stereocenters. The van der Waals surface area contributed by atoms with Gasteiger partial charge in [0.2, 0.25) is 0 Å². The molecule has 0 unspecified atom stereocenters. The van der Waals surface area contributed by atoms with E-state index < -0.39 is 23.7 Å². The van der Waals surface area contributed by atoms with E-state index in [1.807, 2.05) is 6.07 Å². The Labute approximate surface area is 202 Å². The first-order valence-electron chi connectivity index (χ1n) is 9.34. The van der Waals surface area contributed by atoms with Gasteiger partial charge in [0.1, 0.15) is 13.2 Å². The van der Waals surface area contributed by atoms with Crippen LogP contribution in [0.2, 0.25) is 5.02 Å². The first kappa shape index (κ1) is 23.9. The van der Waals surface area contributed by atoms with Crippen LogP contribution in [0, 0.1) is 11.3 Å². The van der Waals surface area contributed by atoms with E-state index in [9.17, 15) is 19.6 Å². The average Bonchev–Trinajstić information content (AvgIpc) is 3.01. The van der Waals surface area contributed by atoms with Gasteiger partial charge < -0.3 is 9.47 Å². The second-order valence-electron chi connectivity index (χ2n) is 6.44. The third-order valence-electron chi connectivity index (χ3n) is 4.29. The Morgan fingerprint density at radius 2 is 2.06 bits per heavy atom. The van der Waals surface area contributed by atoms with Crippen molar-refractivity contribution in [2.24, 2.45) is 0 Å². The number of benzene rings is 2. The van der Waals surface area contributed by atoms with Crippen molar-refractivity contribution < 1.29 is 23.9 Å². The molecule has 0 aromatic heterocycles. The molecule has 2 amide bonds. The number of halogens is 2. The Hall–Kier alpha value is -2.80. The molecule has 7 nitrogen and oxygen atoms in total. The maximum atomic E-state index is 12.5. The lowest BCUT2D eigenvalue weighted by atomic mass is 10.1. The number of esters is 1. The Morgan fingerprint density at radius 1 is 1.31 bits per heavy atom. The number of hydrogen-bond acceptors (Lipinski definition) is 7. The molecule has 0 bridgehead atoms. The maximum absolute atomic E-state index is 12.5. The second kappa shape index (κ2) is 10.7. The van der Waals surface area contributed by atoms with Gasteiger partial charge in [-0.15, -0.1) is 0 Å². The second-order valence-corrected chi connectivity index (χ2v) is 8.70. The van der Waals surface area contributed by atoms with Crippen molar-refractivity contribution in [3.8, 4) is 11.8 Å². The summed E-state index contributed by atoms with van der Waals surface area (Å²) in [6.45, 7) is 1.52. The molecule has 1 aliphatic rings. The number of nitrogens with zero attached hydrogens (tertiary/aromatic N) is 2. The number of hydrogen-bond donors (Lipinski definition) is 0. The molecule has 10 heteroatoms. The number of carbonyl (C=O) groups is 3. The summed E-state index contributed by atoms with van der Waals surface area (Å²) in [7, 11) is 0. The van der Waals surface area contributed by atoms with Crippen molar-refractivity contribution in [3.63, 3.8) is 0 Å². The minimum atomic E-state index is -0.652. The Kier molecular flexibility index (Phi) is 7.96. The van der Waals surface area contributed by atoms with Crippen LogP contribution in [0.15, 0.2) is 45.8 Å². The molecule has 164 valence electrons. The van der Waals surface area contributed by atoms with E-state index in [1.165, 1.54) is 6.08 Å². The minimum absolute atomic E-state index is 0.147. The van der Waals surface area contributed by atoms with Crippen LogP contribution >= 0.6 is 39.3 Å². The number of amides is 2. The number of carbonyl (C=O) groups excluding carboxylic acids is 3. The lowest BCUT2D eigenvalue weighted by Gasteiger charge is -2.12. The van der Waals surface area contributed by atoms with Gasteiger partial charge in [0.05, 0.1) is 32.6 Å². The van der Waals surface area contributed by atoms with E-state index in [2.05, 4.69) is 22.0 Å². The van der Waals surface area contributed by atoms with Gasteiger partial charge in [-0.2, -0.15) is 5.26 Å². The number of nitriles is 1. The summed E-state index contributed by atoms with van der Waals surface area (Å²) in [5, 5.41) is 8.94. The quantitative estimate of drug-likeness (QED) is 0.357. The van der Waals surface area contributed by atoms with Crippen LogP contribution in [0.5, 0.6) is 5.75 Å². The van der Waals surface area contributed by atoms with Crippen LogP contribution in [-0.2, 0) is 20.9 Å². The molecular weight excluding hydrogens is 520 g/mol. The van der Waals surface area contributed by atoms with Gasteiger partial charge in [-0.3, -0.25) is 19.3 Å². The van der Waals surface area contributed by atoms with Crippen molar-refractivity contribution in [3.05, 3.63) is 67.5 Å². The highest BCUT2D eigenvalue weighted by molar-refractivity contribution is 9.10. The van der Waals surface area contributed by atoms with E-state index in [1.54, 1.807) is 37.3 Å². The zero-order chi connectivity index (χ0) is 23.3. The summed E-state index contributed by atoms with van der Waals surface area (Å²) in [5.41, 5.74) is 1.79. The molecule has 1 heterocycles. The van der Waals surface area contributed by atoms with Gasteiger partial charge in [0, 0.05) is 5.56 Å². The molecular formula is C22H16BrClN2O5S. The van der Waals surface area contributed by atoms with E-state index in [-0.39, 0.29) is 23.1 Å². The molecule has 2 aromatic carbocycles. The zero-order valence-corrected chi connectivity index (χ0v) is 19.9. The number of ether oxygens (including phenoxy) is 2. The van der Waals surface area contributed by atoms with E-state index in [0.29, 0.717) is 21.3 Å². The molecule has 0 spiro atoms. The van der Waals surface area contributed by atoms with Crippen LogP contribution in [0.4, 0.5) is 4.79 Å². The lowest BCUT2D eigenvalue weighted by Crippen LogP contribution is -2.34. The topological polar surface area (TPSA) is 96.7 Å². The molecule has 0 radical (unpaired) electrons. The van der Waals surface area contributed by atoms with Crippen LogP contribution in [0.1, 0.15) is 23.6 Å².